The van der Waals surface area contributed by atoms with Crippen molar-refractivity contribution < 1.29 is 0 Å². The number of rotatable bonds is 1. The summed E-state index contributed by atoms with van der Waals surface area (Å²) in [6.45, 7) is 3.83. The molecule has 5 nitrogen and oxygen atoms in total. The molecular weight excluding hydrogens is 142 g/mol. The molecule has 1 aromatic heterocycles. The third kappa shape index (κ3) is 1.29. The lowest BCUT2D eigenvalue weighted by molar-refractivity contribution is 0.466. The van der Waals surface area contributed by atoms with Crippen LogP contribution in [0, 0.1) is 11.3 Å². The Labute approximate surface area is 64.4 Å². The van der Waals surface area contributed by atoms with Gasteiger partial charge in [0, 0.05) is 0 Å². The molecule has 5 heteroatoms. The monoisotopic (exact) mass is 151 g/mol. The van der Waals surface area contributed by atoms with Crippen molar-refractivity contribution in [3.63, 3.8) is 0 Å². The van der Waals surface area contributed by atoms with E-state index in [1.165, 1.54) is 4.80 Å². The summed E-state index contributed by atoms with van der Waals surface area (Å²) in [4.78, 5) is 1.42. The van der Waals surface area contributed by atoms with E-state index in [-0.39, 0.29) is 17.6 Å². The average Bonchev–Trinajstić information content (AvgIpc) is 2.31. The molecule has 0 spiro atoms. The molecule has 0 atom stereocenters. The van der Waals surface area contributed by atoms with Gasteiger partial charge in [0.15, 0.2) is 5.82 Å². The second kappa shape index (κ2) is 2.58. The number of nitrogens with zero attached hydrogens (tertiary/aromatic N) is 4. The van der Waals surface area contributed by atoms with E-state index >= 15 is 0 Å². The van der Waals surface area contributed by atoms with Crippen LogP contribution in [0.1, 0.15) is 25.6 Å². The molecule has 0 aromatic carbocycles. The molecule has 11 heavy (non-hydrogen) atoms. The second-order valence-electron chi connectivity index (χ2n) is 2.46. The van der Waals surface area contributed by atoms with Gasteiger partial charge in [-0.25, -0.2) is 0 Å². The van der Waals surface area contributed by atoms with Crippen molar-refractivity contribution in [1.82, 2.24) is 15.0 Å². The lowest BCUT2D eigenvalue weighted by Gasteiger charge is -1.99. The van der Waals surface area contributed by atoms with Crippen LogP contribution in [0.4, 0.5) is 5.82 Å². The summed E-state index contributed by atoms with van der Waals surface area (Å²) in [6, 6.07) is 1.99. The van der Waals surface area contributed by atoms with Crippen molar-refractivity contribution in [3.05, 3.63) is 5.69 Å². The van der Waals surface area contributed by atoms with Gasteiger partial charge in [0.1, 0.15) is 6.07 Å². The van der Waals surface area contributed by atoms with Crippen LogP contribution < -0.4 is 5.73 Å². The highest BCUT2D eigenvalue weighted by Gasteiger charge is 2.07. The first kappa shape index (κ1) is 7.54. The Kier molecular flexibility index (Phi) is 1.77. The van der Waals surface area contributed by atoms with Crippen LogP contribution in [0.25, 0.3) is 0 Å². The molecule has 0 unspecified atom stereocenters. The maximum Gasteiger partial charge on any atom is 0.206 e. The molecule has 0 amide bonds. The van der Waals surface area contributed by atoms with Crippen molar-refractivity contribution in [1.29, 1.82) is 5.26 Å². The van der Waals surface area contributed by atoms with Crippen molar-refractivity contribution in [3.8, 4) is 6.07 Å². The van der Waals surface area contributed by atoms with Gasteiger partial charge in [-0.1, -0.05) is 0 Å². The number of nitriles is 1. The van der Waals surface area contributed by atoms with Crippen LogP contribution in [-0.4, -0.2) is 15.0 Å². The largest absolute Gasteiger partial charge is 0.380 e. The quantitative estimate of drug-likeness (QED) is 0.626. The van der Waals surface area contributed by atoms with E-state index in [2.05, 4.69) is 10.2 Å². The second-order valence-corrected chi connectivity index (χ2v) is 2.46. The van der Waals surface area contributed by atoms with E-state index in [0.717, 1.165) is 0 Å². The van der Waals surface area contributed by atoms with E-state index in [1.54, 1.807) is 0 Å². The molecule has 0 bridgehead atoms. The Morgan fingerprint density at radius 3 is 2.45 bits per heavy atom. The normalized spacial score (nSPS) is 10.0. The molecule has 0 aliphatic heterocycles. The maximum absolute atomic E-state index is 8.47. The predicted molar refractivity (Wildman–Crippen MR) is 39.5 cm³/mol. The van der Waals surface area contributed by atoms with Crippen molar-refractivity contribution in [2.75, 3.05) is 5.73 Å². The van der Waals surface area contributed by atoms with Gasteiger partial charge >= 0.3 is 0 Å². The van der Waals surface area contributed by atoms with Crippen LogP contribution in [0.3, 0.4) is 0 Å². The van der Waals surface area contributed by atoms with E-state index in [0.29, 0.717) is 0 Å². The number of hydrogen-bond acceptors (Lipinski definition) is 4. The van der Waals surface area contributed by atoms with Gasteiger partial charge < -0.3 is 5.73 Å². The van der Waals surface area contributed by atoms with Gasteiger partial charge in [-0.15, -0.1) is 10.2 Å². The van der Waals surface area contributed by atoms with Crippen LogP contribution in [-0.2, 0) is 0 Å². The Balaban J connectivity index is 3.07. The minimum absolute atomic E-state index is 0.138. The fourth-order valence-corrected chi connectivity index (χ4v) is 0.644. The lowest BCUT2D eigenvalue weighted by Crippen LogP contribution is -2.04. The third-order valence-electron chi connectivity index (χ3n) is 1.22. The van der Waals surface area contributed by atoms with Crippen molar-refractivity contribution in [2.24, 2.45) is 0 Å². The van der Waals surface area contributed by atoms with Gasteiger partial charge in [0.05, 0.1) is 6.04 Å². The Bertz CT molecular complexity index is 292. The van der Waals surface area contributed by atoms with Gasteiger partial charge in [-0.3, -0.25) is 0 Å². The first-order valence-corrected chi connectivity index (χ1v) is 3.27. The molecule has 58 valence electrons. The Morgan fingerprint density at radius 2 is 2.18 bits per heavy atom. The first-order valence-electron chi connectivity index (χ1n) is 3.27. The number of hydrogen-bond donors (Lipinski definition) is 1. The number of aromatic nitrogens is 3. The lowest BCUT2D eigenvalue weighted by atomic mass is 10.4. The van der Waals surface area contributed by atoms with Crippen molar-refractivity contribution in [2.45, 2.75) is 19.9 Å². The summed E-state index contributed by atoms with van der Waals surface area (Å²) in [6.07, 6.45) is 0. The smallest absolute Gasteiger partial charge is 0.206 e. The van der Waals surface area contributed by atoms with Gasteiger partial charge in [-0.05, 0) is 13.8 Å². The van der Waals surface area contributed by atoms with Crippen LogP contribution >= 0.6 is 0 Å². The zero-order chi connectivity index (χ0) is 8.43. The minimum Gasteiger partial charge on any atom is -0.380 e. The van der Waals surface area contributed by atoms with Crippen LogP contribution in [0.2, 0.25) is 0 Å². The highest BCUT2D eigenvalue weighted by Crippen LogP contribution is 2.06. The fraction of sp³-hybridized carbons (Fsp3) is 0.500. The zero-order valence-electron chi connectivity index (χ0n) is 6.44. The first-order chi connectivity index (χ1) is 5.15. The summed E-state index contributed by atoms with van der Waals surface area (Å²) in [5, 5.41) is 16.2. The number of nitrogens with two attached hydrogens (primary N) is 1. The molecule has 1 rings (SSSR count). The van der Waals surface area contributed by atoms with E-state index in [4.69, 9.17) is 11.0 Å². The summed E-state index contributed by atoms with van der Waals surface area (Å²) < 4.78 is 0. The standard InChI is InChI=1S/C6H9N5/c1-4(2)11-9-5(3-7)6(8)10-11/h4H,1-2H3,(H2,8,10). The Hall–Kier alpha value is -1.57. The van der Waals surface area contributed by atoms with Crippen LogP contribution in [0.15, 0.2) is 0 Å². The molecular formula is C6H9N5. The highest BCUT2D eigenvalue weighted by molar-refractivity contribution is 5.41. The molecule has 0 aliphatic carbocycles. The fourth-order valence-electron chi connectivity index (χ4n) is 0.644. The third-order valence-corrected chi connectivity index (χ3v) is 1.22. The van der Waals surface area contributed by atoms with Crippen LogP contribution in [0.5, 0.6) is 0 Å². The number of nitrogen functional groups attached to an aromatic ring is 1. The highest BCUT2D eigenvalue weighted by atomic mass is 15.5. The molecule has 0 fully saturated rings. The summed E-state index contributed by atoms with van der Waals surface area (Å²) in [5.74, 6) is 0.196. The molecule has 2 N–H and O–H groups in total. The van der Waals surface area contributed by atoms with E-state index in [9.17, 15) is 0 Å². The molecule has 0 saturated heterocycles. The predicted octanol–water partition coefficient (Wildman–Crippen LogP) is 0.313. The van der Waals surface area contributed by atoms with Gasteiger partial charge in [-0.2, -0.15) is 10.1 Å². The number of anilines is 1. The average molecular weight is 151 g/mol. The van der Waals surface area contributed by atoms with Gasteiger partial charge in [0.25, 0.3) is 0 Å². The summed E-state index contributed by atoms with van der Waals surface area (Å²) in [7, 11) is 0. The van der Waals surface area contributed by atoms with E-state index in [1.807, 2.05) is 19.9 Å². The molecule has 0 aliphatic rings. The Morgan fingerprint density at radius 1 is 1.55 bits per heavy atom. The SMILES string of the molecule is CC(C)n1nc(N)c(C#N)n1. The molecule has 1 aromatic rings. The summed E-state index contributed by atoms with van der Waals surface area (Å²) in [5.41, 5.74) is 5.57. The molecule has 0 radical (unpaired) electrons. The molecule has 1 heterocycles. The van der Waals surface area contributed by atoms with E-state index < -0.39 is 0 Å². The van der Waals surface area contributed by atoms with Gasteiger partial charge in [0.2, 0.25) is 5.69 Å². The maximum atomic E-state index is 8.47. The zero-order valence-corrected chi connectivity index (χ0v) is 6.44. The topological polar surface area (TPSA) is 80.5 Å². The minimum atomic E-state index is 0.138. The molecule has 0 saturated carbocycles. The van der Waals surface area contributed by atoms with Crippen molar-refractivity contribution >= 4 is 5.82 Å². The summed E-state index contributed by atoms with van der Waals surface area (Å²) >= 11 is 0.